The fraction of sp³-hybridized carbons (Fsp3) is 0.333. The molecule has 0 aliphatic heterocycles. The molecule has 0 radical (unpaired) electrons. The summed E-state index contributed by atoms with van der Waals surface area (Å²) in [5.41, 5.74) is 8.74. The van der Waals surface area contributed by atoms with E-state index in [1.54, 1.807) is 0 Å². The van der Waals surface area contributed by atoms with Crippen LogP contribution in [-0.4, -0.2) is 7.11 Å². The number of ether oxygens (including phenoxy) is 2. The molecule has 2 aromatic rings. The molecule has 2 aromatic carbocycles. The minimum atomic E-state index is -0.378. The zero-order valence-corrected chi connectivity index (χ0v) is 13.7. The van der Waals surface area contributed by atoms with Crippen LogP contribution < -0.4 is 15.2 Å². The van der Waals surface area contributed by atoms with Gasteiger partial charge < -0.3 is 15.2 Å². The Morgan fingerprint density at radius 2 is 1.68 bits per heavy atom. The average molecular weight is 303 g/mol. The van der Waals surface area contributed by atoms with Crippen molar-refractivity contribution in [2.75, 3.05) is 12.8 Å². The molecule has 0 atom stereocenters. The third kappa shape index (κ3) is 3.32. The molecule has 4 heteroatoms. The second kappa shape index (κ2) is 5.87. The zero-order valence-electron chi connectivity index (χ0n) is 13.7. The van der Waals surface area contributed by atoms with E-state index in [0.717, 1.165) is 11.1 Å². The van der Waals surface area contributed by atoms with Gasteiger partial charge in [0.1, 0.15) is 5.82 Å². The smallest absolute Gasteiger partial charge is 0.169 e. The van der Waals surface area contributed by atoms with Crippen LogP contribution in [0.2, 0.25) is 0 Å². The highest BCUT2D eigenvalue weighted by atomic mass is 19.1. The van der Waals surface area contributed by atoms with Crippen LogP contribution in [0.5, 0.6) is 17.2 Å². The van der Waals surface area contributed by atoms with Crippen molar-refractivity contribution in [3.05, 3.63) is 47.3 Å². The Bertz CT molecular complexity index is 690. The van der Waals surface area contributed by atoms with Crippen LogP contribution in [-0.2, 0) is 5.41 Å². The van der Waals surface area contributed by atoms with Crippen molar-refractivity contribution < 1.29 is 13.9 Å². The summed E-state index contributed by atoms with van der Waals surface area (Å²) in [7, 11) is 1.47. The highest BCUT2D eigenvalue weighted by Crippen LogP contribution is 2.38. The van der Waals surface area contributed by atoms with Crippen LogP contribution in [0.1, 0.15) is 31.9 Å². The number of rotatable bonds is 3. The number of hydrogen-bond donors (Lipinski definition) is 1. The van der Waals surface area contributed by atoms with E-state index < -0.39 is 0 Å². The second-order valence-electron chi connectivity index (χ2n) is 6.35. The molecule has 22 heavy (non-hydrogen) atoms. The molecule has 2 N–H and O–H groups in total. The molecule has 2 rings (SSSR count). The summed E-state index contributed by atoms with van der Waals surface area (Å²) in [6.07, 6.45) is 0. The number of nitrogens with two attached hydrogens (primary N) is 1. The third-order valence-electron chi connectivity index (χ3n) is 3.56. The maximum atomic E-state index is 13.3. The highest BCUT2D eigenvalue weighted by Gasteiger charge is 2.18. The van der Waals surface area contributed by atoms with Crippen LogP contribution in [0.15, 0.2) is 30.3 Å². The van der Waals surface area contributed by atoms with E-state index in [0.29, 0.717) is 22.9 Å². The topological polar surface area (TPSA) is 44.5 Å². The molecule has 0 aromatic heterocycles. The summed E-state index contributed by atoms with van der Waals surface area (Å²) in [5, 5.41) is 0. The second-order valence-corrected chi connectivity index (χ2v) is 6.35. The number of anilines is 1. The predicted octanol–water partition coefficient (Wildman–Crippen LogP) is 4.81. The Balaban J connectivity index is 2.47. The van der Waals surface area contributed by atoms with Gasteiger partial charge in [0.25, 0.3) is 0 Å². The Hall–Kier alpha value is -2.23. The number of hydrogen-bond acceptors (Lipinski definition) is 3. The lowest BCUT2D eigenvalue weighted by molar-refractivity contribution is 0.375. The van der Waals surface area contributed by atoms with Gasteiger partial charge in [-0.3, -0.25) is 0 Å². The van der Waals surface area contributed by atoms with E-state index in [1.165, 1.54) is 25.3 Å². The van der Waals surface area contributed by atoms with Gasteiger partial charge in [0.15, 0.2) is 17.2 Å². The van der Waals surface area contributed by atoms with Gasteiger partial charge in [-0.2, -0.15) is 0 Å². The first kappa shape index (κ1) is 16.1. The van der Waals surface area contributed by atoms with Gasteiger partial charge in [0, 0.05) is 6.07 Å². The molecule has 0 spiro atoms. The molecule has 0 heterocycles. The van der Waals surface area contributed by atoms with Gasteiger partial charge in [0.2, 0.25) is 0 Å². The van der Waals surface area contributed by atoms with Crippen molar-refractivity contribution in [1.82, 2.24) is 0 Å². The Labute approximate surface area is 130 Å². The molecule has 3 nitrogen and oxygen atoms in total. The molecule has 0 unspecified atom stereocenters. The van der Waals surface area contributed by atoms with Crippen LogP contribution in [0.4, 0.5) is 10.1 Å². The molecule has 0 aliphatic rings. The third-order valence-corrected chi connectivity index (χ3v) is 3.56. The van der Waals surface area contributed by atoms with Crippen molar-refractivity contribution in [2.45, 2.75) is 33.1 Å². The molecule has 0 aliphatic carbocycles. The maximum Gasteiger partial charge on any atom is 0.169 e. The fourth-order valence-corrected chi connectivity index (χ4v) is 2.13. The van der Waals surface area contributed by atoms with Gasteiger partial charge >= 0.3 is 0 Å². The van der Waals surface area contributed by atoms with Gasteiger partial charge in [-0.1, -0.05) is 26.8 Å². The average Bonchev–Trinajstić information content (AvgIpc) is 2.44. The molecule has 0 amide bonds. The molecule has 0 fully saturated rings. The lowest BCUT2D eigenvalue weighted by Crippen LogP contribution is -2.12. The van der Waals surface area contributed by atoms with E-state index >= 15 is 0 Å². The summed E-state index contributed by atoms with van der Waals surface area (Å²) in [6, 6.07) is 8.13. The van der Waals surface area contributed by atoms with Crippen LogP contribution in [0.25, 0.3) is 0 Å². The molecular weight excluding hydrogens is 281 g/mol. The first-order valence-electron chi connectivity index (χ1n) is 7.14. The van der Waals surface area contributed by atoms with E-state index in [9.17, 15) is 4.39 Å². The van der Waals surface area contributed by atoms with Crippen molar-refractivity contribution in [3.63, 3.8) is 0 Å². The first-order chi connectivity index (χ1) is 10.2. The molecule has 0 saturated heterocycles. The Morgan fingerprint density at radius 1 is 1.00 bits per heavy atom. The summed E-state index contributed by atoms with van der Waals surface area (Å²) >= 11 is 0. The zero-order chi connectivity index (χ0) is 16.5. The number of nitrogen functional groups attached to an aromatic ring is 1. The Morgan fingerprint density at radius 3 is 2.27 bits per heavy atom. The molecule has 118 valence electrons. The van der Waals surface area contributed by atoms with Crippen molar-refractivity contribution >= 4 is 5.69 Å². The summed E-state index contributed by atoms with van der Waals surface area (Å²) < 4.78 is 24.3. The highest BCUT2D eigenvalue weighted by molar-refractivity contribution is 5.62. The van der Waals surface area contributed by atoms with Gasteiger partial charge in [0.05, 0.1) is 12.8 Å². The van der Waals surface area contributed by atoms with Gasteiger partial charge in [-0.05, 0) is 41.7 Å². The van der Waals surface area contributed by atoms with Crippen LogP contribution in [0, 0.1) is 12.7 Å². The number of halogens is 1. The van der Waals surface area contributed by atoms with E-state index in [1.807, 2.05) is 13.0 Å². The quantitative estimate of drug-likeness (QED) is 0.827. The minimum absolute atomic E-state index is 0.0244. The van der Waals surface area contributed by atoms with E-state index in [-0.39, 0.29) is 11.2 Å². The summed E-state index contributed by atoms with van der Waals surface area (Å²) in [6.45, 7) is 8.32. The summed E-state index contributed by atoms with van der Waals surface area (Å²) in [5.74, 6) is 0.936. The van der Waals surface area contributed by atoms with E-state index in [4.69, 9.17) is 15.2 Å². The normalized spacial score (nSPS) is 11.4. The minimum Gasteiger partial charge on any atom is -0.493 e. The van der Waals surface area contributed by atoms with E-state index in [2.05, 4.69) is 26.8 Å². The number of methoxy groups -OCH3 is 1. The number of benzene rings is 2. The van der Waals surface area contributed by atoms with Crippen molar-refractivity contribution in [3.8, 4) is 17.2 Å². The molecule has 0 bridgehead atoms. The standard InChI is InChI=1S/C18H22FNO2/c1-11-8-12(18(2,3)4)9-16(17(11)20)22-14-7-6-13(19)10-15(14)21-5/h6-10H,20H2,1-5H3. The van der Waals surface area contributed by atoms with Crippen LogP contribution in [0.3, 0.4) is 0 Å². The van der Waals surface area contributed by atoms with Gasteiger partial charge in [-0.25, -0.2) is 4.39 Å². The predicted molar refractivity (Wildman–Crippen MR) is 87.3 cm³/mol. The maximum absolute atomic E-state index is 13.3. The number of aryl methyl sites for hydroxylation is 1. The lowest BCUT2D eigenvalue weighted by atomic mass is 9.86. The van der Waals surface area contributed by atoms with Crippen LogP contribution >= 0.6 is 0 Å². The van der Waals surface area contributed by atoms with Gasteiger partial charge in [-0.15, -0.1) is 0 Å². The first-order valence-corrected chi connectivity index (χ1v) is 7.14. The van der Waals surface area contributed by atoms with Crippen molar-refractivity contribution in [1.29, 1.82) is 0 Å². The fourth-order valence-electron chi connectivity index (χ4n) is 2.13. The molecular formula is C18H22FNO2. The van der Waals surface area contributed by atoms with Crippen molar-refractivity contribution in [2.24, 2.45) is 0 Å². The SMILES string of the molecule is COc1cc(F)ccc1Oc1cc(C(C)(C)C)cc(C)c1N. The lowest BCUT2D eigenvalue weighted by Gasteiger charge is -2.22. The Kier molecular flexibility index (Phi) is 4.31. The summed E-state index contributed by atoms with van der Waals surface area (Å²) in [4.78, 5) is 0. The monoisotopic (exact) mass is 303 g/mol. The molecule has 0 saturated carbocycles. The largest absolute Gasteiger partial charge is 0.493 e.